The molecule has 102 valence electrons. The minimum absolute atomic E-state index is 0.0847. The molecule has 0 atom stereocenters. The number of hydrogen-bond donors (Lipinski definition) is 1. The molecule has 1 aromatic carbocycles. The summed E-state index contributed by atoms with van der Waals surface area (Å²) in [6.07, 6.45) is 1.64. The molecule has 0 aromatic heterocycles. The van der Waals surface area contributed by atoms with E-state index in [4.69, 9.17) is 9.94 Å². The Morgan fingerprint density at radius 3 is 2.68 bits per heavy atom. The number of rotatable bonds is 3. The molecule has 1 saturated heterocycles. The summed E-state index contributed by atoms with van der Waals surface area (Å²) in [4.78, 5) is 14.0. The van der Waals surface area contributed by atoms with Gasteiger partial charge in [0.2, 0.25) is 5.91 Å². The Morgan fingerprint density at radius 1 is 1.37 bits per heavy atom. The standard InChI is InChI=1S/C14H18N2O3/c1-19-13-5-3-2-4-11(13)10-14(17)16-8-6-12(15-18)7-9-16/h2-5,18H,6-10H2,1H3. The summed E-state index contributed by atoms with van der Waals surface area (Å²) in [6.45, 7) is 1.24. The Hall–Kier alpha value is -2.04. The van der Waals surface area contributed by atoms with E-state index in [0.717, 1.165) is 17.0 Å². The molecule has 0 spiro atoms. The molecule has 1 N–H and O–H groups in total. The second kappa shape index (κ2) is 6.22. The summed E-state index contributed by atoms with van der Waals surface area (Å²) in [5, 5.41) is 11.9. The van der Waals surface area contributed by atoms with E-state index >= 15 is 0 Å². The van der Waals surface area contributed by atoms with E-state index in [1.165, 1.54) is 0 Å². The lowest BCUT2D eigenvalue weighted by Crippen LogP contribution is -2.39. The van der Waals surface area contributed by atoms with Gasteiger partial charge in [0.25, 0.3) is 0 Å². The molecule has 1 heterocycles. The number of para-hydroxylation sites is 1. The van der Waals surface area contributed by atoms with E-state index in [9.17, 15) is 4.79 Å². The molecular weight excluding hydrogens is 244 g/mol. The summed E-state index contributed by atoms with van der Waals surface area (Å²) in [7, 11) is 1.61. The molecule has 1 aliphatic heterocycles. The minimum Gasteiger partial charge on any atom is -0.496 e. The van der Waals surface area contributed by atoms with Crippen LogP contribution in [0.4, 0.5) is 0 Å². The van der Waals surface area contributed by atoms with E-state index in [-0.39, 0.29) is 5.91 Å². The average molecular weight is 262 g/mol. The van der Waals surface area contributed by atoms with Crippen LogP contribution in [0.1, 0.15) is 18.4 Å². The van der Waals surface area contributed by atoms with Gasteiger partial charge in [-0.05, 0) is 6.07 Å². The number of ether oxygens (including phenoxy) is 1. The molecule has 1 amide bonds. The van der Waals surface area contributed by atoms with Crippen molar-refractivity contribution in [3.8, 4) is 5.75 Å². The first-order chi connectivity index (χ1) is 9.24. The molecule has 0 bridgehead atoms. The minimum atomic E-state index is 0.0847. The van der Waals surface area contributed by atoms with Crippen molar-refractivity contribution in [2.24, 2.45) is 5.16 Å². The highest BCUT2D eigenvalue weighted by Gasteiger charge is 2.21. The van der Waals surface area contributed by atoms with Crippen LogP contribution in [0.3, 0.4) is 0 Å². The van der Waals surface area contributed by atoms with Crippen molar-refractivity contribution >= 4 is 11.6 Å². The number of piperidine rings is 1. The van der Waals surface area contributed by atoms with Crippen molar-refractivity contribution in [1.82, 2.24) is 4.90 Å². The molecule has 0 saturated carbocycles. The fraction of sp³-hybridized carbons (Fsp3) is 0.429. The van der Waals surface area contributed by atoms with Crippen molar-refractivity contribution in [3.05, 3.63) is 29.8 Å². The van der Waals surface area contributed by atoms with Crippen LogP contribution in [-0.4, -0.2) is 41.9 Å². The highest BCUT2D eigenvalue weighted by Crippen LogP contribution is 2.19. The molecule has 0 radical (unpaired) electrons. The smallest absolute Gasteiger partial charge is 0.227 e. The van der Waals surface area contributed by atoms with E-state index in [0.29, 0.717) is 32.4 Å². The number of nitrogens with zero attached hydrogens (tertiary/aromatic N) is 2. The van der Waals surface area contributed by atoms with Gasteiger partial charge in [-0.3, -0.25) is 4.79 Å². The summed E-state index contributed by atoms with van der Waals surface area (Å²) >= 11 is 0. The van der Waals surface area contributed by atoms with Gasteiger partial charge in [0.15, 0.2) is 0 Å². The van der Waals surface area contributed by atoms with Crippen molar-refractivity contribution < 1.29 is 14.7 Å². The van der Waals surface area contributed by atoms with Crippen LogP contribution in [-0.2, 0) is 11.2 Å². The van der Waals surface area contributed by atoms with Crippen molar-refractivity contribution in [3.63, 3.8) is 0 Å². The highest BCUT2D eigenvalue weighted by molar-refractivity contribution is 5.87. The number of oxime groups is 1. The molecular formula is C14H18N2O3. The van der Waals surface area contributed by atoms with Gasteiger partial charge in [0.05, 0.1) is 19.2 Å². The summed E-state index contributed by atoms with van der Waals surface area (Å²) in [5.74, 6) is 0.826. The number of carbonyl (C=O) groups is 1. The Morgan fingerprint density at radius 2 is 2.05 bits per heavy atom. The zero-order chi connectivity index (χ0) is 13.7. The Labute approximate surface area is 112 Å². The molecule has 2 rings (SSSR count). The predicted octanol–water partition coefficient (Wildman–Crippen LogP) is 1.69. The molecule has 5 nitrogen and oxygen atoms in total. The molecule has 1 fully saturated rings. The molecule has 0 aliphatic carbocycles. The first-order valence-electron chi connectivity index (χ1n) is 6.34. The van der Waals surface area contributed by atoms with Crippen LogP contribution in [0, 0.1) is 0 Å². The first-order valence-corrected chi connectivity index (χ1v) is 6.34. The second-order valence-electron chi connectivity index (χ2n) is 4.54. The maximum absolute atomic E-state index is 12.2. The Balaban J connectivity index is 1.98. The van der Waals surface area contributed by atoms with Crippen LogP contribution in [0.15, 0.2) is 29.4 Å². The molecule has 0 unspecified atom stereocenters. The SMILES string of the molecule is COc1ccccc1CC(=O)N1CCC(=NO)CC1. The number of hydrogen-bond acceptors (Lipinski definition) is 4. The molecule has 5 heteroatoms. The van der Waals surface area contributed by atoms with Gasteiger partial charge >= 0.3 is 0 Å². The lowest BCUT2D eigenvalue weighted by atomic mass is 10.1. The van der Waals surface area contributed by atoms with Gasteiger partial charge in [-0.1, -0.05) is 23.4 Å². The number of likely N-dealkylation sites (tertiary alicyclic amines) is 1. The van der Waals surface area contributed by atoms with Gasteiger partial charge in [0, 0.05) is 31.5 Å². The summed E-state index contributed by atoms with van der Waals surface area (Å²) in [5.41, 5.74) is 1.66. The van der Waals surface area contributed by atoms with Crippen LogP contribution in [0.2, 0.25) is 0 Å². The highest BCUT2D eigenvalue weighted by atomic mass is 16.5. The zero-order valence-corrected chi connectivity index (χ0v) is 11.0. The fourth-order valence-corrected chi connectivity index (χ4v) is 2.24. The van der Waals surface area contributed by atoms with E-state index in [1.54, 1.807) is 12.0 Å². The second-order valence-corrected chi connectivity index (χ2v) is 4.54. The predicted molar refractivity (Wildman–Crippen MR) is 71.7 cm³/mol. The first kappa shape index (κ1) is 13.4. The van der Waals surface area contributed by atoms with E-state index in [2.05, 4.69) is 5.16 Å². The van der Waals surface area contributed by atoms with Gasteiger partial charge in [-0.2, -0.15) is 0 Å². The Bertz CT molecular complexity index is 475. The summed E-state index contributed by atoms with van der Waals surface area (Å²) in [6, 6.07) is 7.55. The molecule has 1 aromatic rings. The third kappa shape index (κ3) is 3.24. The van der Waals surface area contributed by atoms with Gasteiger partial charge in [-0.25, -0.2) is 0 Å². The van der Waals surface area contributed by atoms with Crippen LogP contribution in [0.5, 0.6) is 5.75 Å². The third-order valence-electron chi connectivity index (χ3n) is 3.37. The largest absolute Gasteiger partial charge is 0.496 e. The van der Waals surface area contributed by atoms with E-state index in [1.807, 2.05) is 24.3 Å². The summed E-state index contributed by atoms with van der Waals surface area (Å²) < 4.78 is 5.25. The maximum atomic E-state index is 12.2. The van der Waals surface area contributed by atoms with Gasteiger partial charge in [-0.15, -0.1) is 0 Å². The van der Waals surface area contributed by atoms with Crippen LogP contribution in [0.25, 0.3) is 0 Å². The monoisotopic (exact) mass is 262 g/mol. The maximum Gasteiger partial charge on any atom is 0.227 e. The van der Waals surface area contributed by atoms with Crippen LogP contribution < -0.4 is 4.74 Å². The number of methoxy groups -OCH3 is 1. The van der Waals surface area contributed by atoms with E-state index < -0.39 is 0 Å². The normalized spacial score (nSPS) is 15.2. The number of amides is 1. The lowest BCUT2D eigenvalue weighted by Gasteiger charge is -2.27. The van der Waals surface area contributed by atoms with Crippen LogP contribution >= 0.6 is 0 Å². The quantitative estimate of drug-likeness (QED) is 0.666. The molecule has 1 aliphatic rings. The van der Waals surface area contributed by atoms with Gasteiger partial charge < -0.3 is 14.8 Å². The van der Waals surface area contributed by atoms with Crippen molar-refractivity contribution in [2.75, 3.05) is 20.2 Å². The lowest BCUT2D eigenvalue weighted by molar-refractivity contribution is -0.130. The third-order valence-corrected chi connectivity index (χ3v) is 3.37. The average Bonchev–Trinajstić information content (AvgIpc) is 2.48. The zero-order valence-electron chi connectivity index (χ0n) is 11.0. The van der Waals surface area contributed by atoms with Crippen molar-refractivity contribution in [2.45, 2.75) is 19.3 Å². The Kier molecular flexibility index (Phi) is 4.39. The molecule has 19 heavy (non-hydrogen) atoms. The van der Waals surface area contributed by atoms with Gasteiger partial charge in [0.1, 0.15) is 5.75 Å². The topological polar surface area (TPSA) is 62.1 Å². The van der Waals surface area contributed by atoms with Crippen molar-refractivity contribution in [1.29, 1.82) is 0 Å². The fourth-order valence-electron chi connectivity index (χ4n) is 2.24. The number of benzene rings is 1. The number of carbonyl (C=O) groups excluding carboxylic acids is 1.